The molecule has 5 nitrogen and oxygen atoms in total. The van der Waals surface area contributed by atoms with E-state index >= 15 is 0 Å². The minimum Gasteiger partial charge on any atom is -0.398 e. The number of aryl methyl sites for hydroxylation is 1. The zero-order chi connectivity index (χ0) is 15.7. The highest BCUT2D eigenvalue weighted by Crippen LogP contribution is 2.24. The molecule has 0 fully saturated rings. The zero-order valence-electron chi connectivity index (χ0n) is 13.2. The number of benzene rings is 1. The highest BCUT2D eigenvalue weighted by atomic mass is 16.1. The average Bonchev–Trinajstić information content (AvgIpc) is 2.70. The minimum absolute atomic E-state index is 0.158. The molecule has 0 spiro atoms. The highest BCUT2D eigenvalue weighted by Gasteiger charge is 2.17. The van der Waals surface area contributed by atoms with Crippen molar-refractivity contribution in [2.75, 3.05) is 11.1 Å². The molecule has 0 radical (unpaired) electrons. The number of carbonyl (C=O) groups excluding carboxylic acids is 1. The fourth-order valence-corrected chi connectivity index (χ4v) is 2.43. The molecule has 1 aromatic carbocycles. The Labute approximate surface area is 125 Å². The van der Waals surface area contributed by atoms with E-state index in [2.05, 4.69) is 24.3 Å². The molecule has 2 rings (SSSR count). The largest absolute Gasteiger partial charge is 0.398 e. The molecule has 21 heavy (non-hydrogen) atoms. The van der Waals surface area contributed by atoms with Crippen molar-refractivity contribution in [3.63, 3.8) is 0 Å². The summed E-state index contributed by atoms with van der Waals surface area (Å²) in [5.74, 6) is -0.158. The van der Waals surface area contributed by atoms with E-state index in [1.54, 1.807) is 18.2 Å². The van der Waals surface area contributed by atoms with Crippen molar-refractivity contribution in [1.29, 1.82) is 0 Å². The molecule has 0 atom stereocenters. The number of aromatic nitrogens is 2. The number of nitrogens with two attached hydrogens (primary N) is 1. The Morgan fingerprint density at radius 2 is 1.95 bits per heavy atom. The van der Waals surface area contributed by atoms with Crippen LogP contribution >= 0.6 is 0 Å². The third-order valence-electron chi connectivity index (χ3n) is 3.67. The Hall–Kier alpha value is -2.30. The van der Waals surface area contributed by atoms with Crippen molar-refractivity contribution >= 4 is 17.3 Å². The van der Waals surface area contributed by atoms with Crippen LogP contribution in [-0.4, -0.2) is 15.7 Å². The van der Waals surface area contributed by atoms with Gasteiger partial charge in [0, 0.05) is 17.3 Å². The third-order valence-corrected chi connectivity index (χ3v) is 3.67. The van der Waals surface area contributed by atoms with Gasteiger partial charge in [-0.1, -0.05) is 6.07 Å². The number of amides is 1. The number of carbonyl (C=O) groups is 1. The summed E-state index contributed by atoms with van der Waals surface area (Å²) in [6.07, 6.45) is 0. The summed E-state index contributed by atoms with van der Waals surface area (Å²) >= 11 is 0. The first-order valence-corrected chi connectivity index (χ1v) is 7.05. The van der Waals surface area contributed by atoms with Crippen LogP contribution in [0.4, 0.5) is 11.4 Å². The average molecular weight is 286 g/mol. The molecular formula is C16H22N4O. The number of rotatable bonds is 3. The van der Waals surface area contributed by atoms with Crippen molar-refractivity contribution < 1.29 is 4.79 Å². The molecule has 0 bridgehead atoms. The first-order valence-electron chi connectivity index (χ1n) is 7.05. The van der Waals surface area contributed by atoms with Crippen LogP contribution in [0.15, 0.2) is 18.2 Å². The van der Waals surface area contributed by atoms with E-state index in [1.807, 2.05) is 25.5 Å². The molecule has 3 N–H and O–H groups in total. The van der Waals surface area contributed by atoms with Gasteiger partial charge in [0.25, 0.3) is 5.91 Å². The highest BCUT2D eigenvalue weighted by molar-refractivity contribution is 6.06. The van der Waals surface area contributed by atoms with Gasteiger partial charge in [0.2, 0.25) is 0 Å². The second kappa shape index (κ2) is 5.60. The first kappa shape index (κ1) is 15.1. The van der Waals surface area contributed by atoms with E-state index in [0.29, 0.717) is 11.3 Å². The Kier molecular flexibility index (Phi) is 4.02. The SMILES string of the molecule is Cc1nn(C(C)C)c(C)c1NC(=O)c1cccc(N)c1C. The number of anilines is 2. The normalized spacial score (nSPS) is 11.0. The quantitative estimate of drug-likeness (QED) is 0.851. The van der Waals surface area contributed by atoms with Gasteiger partial charge in [-0.05, 0) is 52.3 Å². The number of hydrogen-bond donors (Lipinski definition) is 2. The third kappa shape index (κ3) is 2.77. The Balaban J connectivity index is 2.34. The lowest BCUT2D eigenvalue weighted by Crippen LogP contribution is -2.15. The maximum absolute atomic E-state index is 12.5. The van der Waals surface area contributed by atoms with E-state index in [9.17, 15) is 4.79 Å². The summed E-state index contributed by atoms with van der Waals surface area (Å²) in [7, 11) is 0. The number of nitrogen functional groups attached to an aromatic ring is 1. The van der Waals surface area contributed by atoms with Crippen molar-refractivity contribution in [2.45, 2.75) is 40.7 Å². The maximum Gasteiger partial charge on any atom is 0.256 e. The monoisotopic (exact) mass is 286 g/mol. The van der Waals surface area contributed by atoms with Gasteiger partial charge in [0.15, 0.2) is 0 Å². The predicted molar refractivity (Wildman–Crippen MR) is 85.6 cm³/mol. The van der Waals surface area contributed by atoms with Gasteiger partial charge >= 0.3 is 0 Å². The van der Waals surface area contributed by atoms with E-state index in [0.717, 1.165) is 22.6 Å². The fourth-order valence-electron chi connectivity index (χ4n) is 2.43. The summed E-state index contributed by atoms with van der Waals surface area (Å²) in [5, 5.41) is 7.43. The van der Waals surface area contributed by atoms with Gasteiger partial charge in [-0.2, -0.15) is 5.10 Å². The molecule has 0 aliphatic rings. The van der Waals surface area contributed by atoms with Crippen molar-refractivity contribution in [3.8, 4) is 0 Å². The lowest BCUT2D eigenvalue weighted by Gasteiger charge is -2.11. The Morgan fingerprint density at radius 1 is 1.29 bits per heavy atom. The predicted octanol–water partition coefficient (Wildman–Crippen LogP) is 3.22. The van der Waals surface area contributed by atoms with Crippen molar-refractivity contribution in [2.24, 2.45) is 0 Å². The molecule has 2 aromatic rings. The summed E-state index contributed by atoms with van der Waals surface area (Å²) in [6.45, 7) is 9.83. The second-order valence-electron chi connectivity index (χ2n) is 5.56. The molecule has 112 valence electrons. The molecule has 1 amide bonds. The standard InChI is InChI=1S/C16H22N4O/c1-9(2)20-12(5)15(11(4)19-20)18-16(21)13-7-6-8-14(17)10(13)3/h6-9H,17H2,1-5H3,(H,18,21). The molecule has 1 aromatic heterocycles. The van der Waals surface area contributed by atoms with Crippen LogP contribution in [-0.2, 0) is 0 Å². The van der Waals surface area contributed by atoms with Crippen LogP contribution in [0.2, 0.25) is 0 Å². The molecule has 1 heterocycles. The summed E-state index contributed by atoms with van der Waals surface area (Å²) in [6, 6.07) is 5.61. The maximum atomic E-state index is 12.5. The van der Waals surface area contributed by atoms with Crippen molar-refractivity contribution in [3.05, 3.63) is 40.7 Å². The fraction of sp³-hybridized carbons (Fsp3) is 0.375. The van der Waals surface area contributed by atoms with Crippen LogP contribution in [0.25, 0.3) is 0 Å². The first-order chi connectivity index (χ1) is 9.82. The summed E-state index contributed by atoms with van der Waals surface area (Å²) < 4.78 is 1.91. The smallest absolute Gasteiger partial charge is 0.256 e. The van der Waals surface area contributed by atoms with Crippen molar-refractivity contribution in [1.82, 2.24) is 9.78 Å². The Morgan fingerprint density at radius 3 is 2.52 bits per heavy atom. The number of nitrogens with one attached hydrogen (secondary N) is 1. The van der Waals surface area contributed by atoms with Crippen LogP contribution < -0.4 is 11.1 Å². The zero-order valence-corrected chi connectivity index (χ0v) is 13.2. The van der Waals surface area contributed by atoms with Crippen LogP contribution in [0.3, 0.4) is 0 Å². The summed E-state index contributed by atoms with van der Waals surface area (Å²) in [5.41, 5.74) is 10.4. The molecule has 0 aliphatic carbocycles. The lowest BCUT2D eigenvalue weighted by atomic mass is 10.1. The van der Waals surface area contributed by atoms with E-state index < -0.39 is 0 Å². The van der Waals surface area contributed by atoms with Gasteiger partial charge in [0.05, 0.1) is 17.1 Å². The molecular weight excluding hydrogens is 264 g/mol. The van der Waals surface area contributed by atoms with Gasteiger partial charge in [0.1, 0.15) is 0 Å². The van der Waals surface area contributed by atoms with E-state index in [1.165, 1.54) is 0 Å². The van der Waals surface area contributed by atoms with E-state index in [-0.39, 0.29) is 11.9 Å². The van der Waals surface area contributed by atoms with Crippen LogP contribution in [0.1, 0.15) is 47.2 Å². The molecule has 0 saturated carbocycles. The molecule has 0 saturated heterocycles. The number of hydrogen-bond acceptors (Lipinski definition) is 3. The molecule has 0 aliphatic heterocycles. The van der Waals surface area contributed by atoms with E-state index in [4.69, 9.17) is 5.73 Å². The molecule has 5 heteroatoms. The molecule has 0 unspecified atom stereocenters. The summed E-state index contributed by atoms with van der Waals surface area (Å²) in [4.78, 5) is 12.5. The second-order valence-corrected chi connectivity index (χ2v) is 5.56. The lowest BCUT2D eigenvalue weighted by molar-refractivity contribution is 0.102. The number of nitrogens with zero attached hydrogens (tertiary/aromatic N) is 2. The topological polar surface area (TPSA) is 72.9 Å². The Bertz CT molecular complexity index is 686. The van der Waals surface area contributed by atoms with Gasteiger partial charge in [-0.3, -0.25) is 9.48 Å². The minimum atomic E-state index is -0.158. The van der Waals surface area contributed by atoms with Crippen LogP contribution in [0, 0.1) is 20.8 Å². The van der Waals surface area contributed by atoms with Gasteiger partial charge in [-0.25, -0.2) is 0 Å². The van der Waals surface area contributed by atoms with Crippen LogP contribution in [0.5, 0.6) is 0 Å². The van der Waals surface area contributed by atoms with Gasteiger partial charge < -0.3 is 11.1 Å². The van der Waals surface area contributed by atoms with Gasteiger partial charge in [-0.15, -0.1) is 0 Å².